The Morgan fingerprint density at radius 1 is 1.42 bits per heavy atom. The molecule has 1 unspecified atom stereocenters. The lowest BCUT2D eigenvalue weighted by atomic mass is 9.87. The number of phenolic OH excluding ortho intramolecular Hbond substituents is 1. The van der Waals surface area contributed by atoms with Crippen molar-refractivity contribution in [2.45, 2.75) is 32.6 Å². The molecule has 0 fully saturated rings. The highest BCUT2D eigenvalue weighted by molar-refractivity contribution is 6.33. The molecule has 0 aliphatic carbocycles. The van der Waals surface area contributed by atoms with Gasteiger partial charge in [0, 0.05) is 5.41 Å². The molecule has 1 rings (SSSR count). The number of ether oxygens (including phenoxy) is 1. The van der Waals surface area contributed by atoms with Crippen molar-refractivity contribution in [3.63, 3.8) is 0 Å². The molecule has 0 radical (unpaired) electrons. The zero-order valence-corrected chi connectivity index (χ0v) is 13.0. The number of hydrogen-bond acceptors (Lipinski definition) is 3. The van der Waals surface area contributed by atoms with Crippen LogP contribution in [-0.2, 0) is 11.2 Å². The van der Waals surface area contributed by atoms with Gasteiger partial charge < -0.3 is 9.84 Å². The normalized spacial score (nSPS) is 13.2. The summed E-state index contributed by atoms with van der Waals surface area (Å²) in [5, 5.41) is 9.19. The molecule has 0 aromatic heterocycles. The minimum Gasteiger partial charge on any atom is -0.503 e. The average molecular weight is 305 g/mol. The van der Waals surface area contributed by atoms with E-state index in [9.17, 15) is 9.90 Å². The van der Waals surface area contributed by atoms with E-state index in [1.165, 1.54) is 7.11 Å². The number of benzene rings is 1. The monoisotopic (exact) mass is 304 g/mol. The molecule has 1 N–H and O–H groups in total. The Kier molecular flexibility index (Phi) is 5.11. The smallest absolute Gasteiger partial charge is 0.176 e. The highest BCUT2D eigenvalue weighted by Crippen LogP contribution is 2.35. The molecular formula is C14H18Cl2O3. The van der Waals surface area contributed by atoms with E-state index in [0.29, 0.717) is 6.42 Å². The molecule has 1 aromatic carbocycles. The minimum atomic E-state index is -0.634. The van der Waals surface area contributed by atoms with Crippen LogP contribution in [-0.4, -0.2) is 23.4 Å². The molecule has 0 spiro atoms. The van der Waals surface area contributed by atoms with Crippen molar-refractivity contribution >= 4 is 29.0 Å². The van der Waals surface area contributed by atoms with E-state index in [2.05, 4.69) is 0 Å². The van der Waals surface area contributed by atoms with Gasteiger partial charge in [-0.3, -0.25) is 4.79 Å². The largest absolute Gasteiger partial charge is 0.503 e. The first-order chi connectivity index (χ1) is 8.66. The number of carbonyl (C=O) groups excluding carboxylic acids is 1. The van der Waals surface area contributed by atoms with Crippen LogP contribution in [0.25, 0.3) is 0 Å². The van der Waals surface area contributed by atoms with Crippen molar-refractivity contribution in [3.8, 4) is 11.5 Å². The van der Waals surface area contributed by atoms with E-state index in [1.54, 1.807) is 12.1 Å². The SMILES string of the molecule is COc1cc(CC(Cl)C(=O)C(C)(C)C)cc(Cl)c1O. The van der Waals surface area contributed by atoms with Crippen LogP contribution in [0.3, 0.4) is 0 Å². The van der Waals surface area contributed by atoms with Crippen LogP contribution in [0.4, 0.5) is 0 Å². The number of aromatic hydroxyl groups is 1. The van der Waals surface area contributed by atoms with E-state index < -0.39 is 10.8 Å². The second kappa shape index (κ2) is 6.02. The van der Waals surface area contributed by atoms with Gasteiger partial charge in [0.25, 0.3) is 0 Å². The zero-order chi connectivity index (χ0) is 14.8. The number of phenols is 1. The van der Waals surface area contributed by atoms with Crippen LogP contribution in [0.5, 0.6) is 11.5 Å². The molecule has 0 saturated carbocycles. The molecule has 0 bridgehead atoms. The molecule has 106 valence electrons. The van der Waals surface area contributed by atoms with Gasteiger partial charge in [0.15, 0.2) is 17.3 Å². The lowest BCUT2D eigenvalue weighted by molar-refractivity contribution is -0.125. The fourth-order valence-electron chi connectivity index (χ4n) is 1.67. The van der Waals surface area contributed by atoms with Gasteiger partial charge >= 0.3 is 0 Å². The summed E-state index contributed by atoms with van der Waals surface area (Å²) in [6.45, 7) is 5.49. The lowest BCUT2D eigenvalue weighted by Gasteiger charge is -2.20. The Morgan fingerprint density at radius 2 is 2.00 bits per heavy atom. The summed E-state index contributed by atoms with van der Waals surface area (Å²) >= 11 is 12.0. The molecule has 1 aromatic rings. The van der Waals surface area contributed by atoms with E-state index >= 15 is 0 Å². The van der Waals surface area contributed by atoms with Crippen LogP contribution in [0.2, 0.25) is 5.02 Å². The van der Waals surface area contributed by atoms with E-state index in [1.807, 2.05) is 20.8 Å². The molecule has 3 nitrogen and oxygen atoms in total. The summed E-state index contributed by atoms with van der Waals surface area (Å²) in [6, 6.07) is 3.22. The van der Waals surface area contributed by atoms with Crippen LogP contribution in [0.15, 0.2) is 12.1 Å². The Balaban J connectivity index is 2.95. The van der Waals surface area contributed by atoms with Gasteiger partial charge in [-0.1, -0.05) is 32.4 Å². The molecule has 0 aliphatic heterocycles. The van der Waals surface area contributed by atoms with Crippen molar-refractivity contribution in [2.24, 2.45) is 5.41 Å². The first-order valence-electron chi connectivity index (χ1n) is 5.90. The van der Waals surface area contributed by atoms with Gasteiger partial charge in [-0.05, 0) is 24.1 Å². The highest BCUT2D eigenvalue weighted by Gasteiger charge is 2.28. The molecule has 0 aliphatic rings. The summed E-state index contributed by atoms with van der Waals surface area (Å²) < 4.78 is 5.01. The Labute approximate surface area is 123 Å². The predicted octanol–water partition coefficient (Wildman–Crippen LogP) is 3.82. The number of halogens is 2. The average Bonchev–Trinajstić information content (AvgIpc) is 2.31. The second-order valence-electron chi connectivity index (χ2n) is 5.41. The van der Waals surface area contributed by atoms with Gasteiger partial charge in [-0.2, -0.15) is 0 Å². The topological polar surface area (TPSA) is 46.5 Å². The molecule has 0 amide bonds. The maximum absolute atomic E-state index is 12.0. The molecule has 19 heavy (non-hydrogen) atoms. The Bertz CT molecular complexity index is 478. The van der Waals surface area contributed by atoms with Gasteiger partial charge in [-0.15, -0.1) is 11.6 Å². The molecule has 1 atom stereocenters. The predicted molar refractivity (Wildman–Crippen MR) is 77.5 cm³/mol. The van der Waals surface area contributed by atoms with Crippen molar-refractivity contribution in [1.29, 1.82) is 0 Å². The van der Waals surface area contributed by atoms with Crippen molar-refractivity contribution < 1.29 is 14.6 Å². The fourth-order valence-corrected chi connectivity index (χ4v) is 2.41. The second-order valence-corrected chi connectivity index (χ2v) is 6.35. The van der Waals surface area contributed by atoms with Gasteiger partial charge in [0.1, 0.15) is 0 Å². The summed E-state index contributed by atoms with van der Waals surface area (Å²) in [7, 11) is 1.44. The van der Waals surface area contributed by atoms with Gasteiger partial charge in [0.05, 0.1) is 17.5 Å². The van der Waals surface area contributed by atoms with Crippen molar-refractivity contribution in [2.75, 3.05) is 7.11 Å². The van der Waals surface area contributed by atoms with Crippen LogP contribution in [0, 0.1) is 5.41 Å². The highest BCUT2D eigenvalue weighted by atomic mass is 35.5. The van der Waals surface area contributed by atoms with Crippen molar-refractivity contribution in [3.05, 3.63) is 22.7 Å². The maximum Gasteiger partial charge on any atom is 0.176 e. The lowest BCUT2D eigenvalue weighted by Crippen LogP contribution is -2.30. The first kappa shape index (κ1) is 16.1. The summed E-state index contributed by atoms with van der Waals surface area (Å²) in [4.78, 5) is 12.0. The third-order valence-electron chi connectivity index (χ3n) is 2.75. The third kappa shape index (κ3) is 4.02. The zero-order valence-electron chi connectivity index (χ0n) is 11.5. The Hall–Kier alpha value is -0.930. The van der Waals surface area contributed by atoms with E-state index in [-0.39, 0.29) is 22.3 Å². The van der Waals surface area contributed by atoms with E-state index in [0.717, 1.165) is 5.56 Å². The van der Waals surface area contributed by atoms with E-state index in [4.69, 9.17) is 27.9 Å². The minimum absolute atomic E-state index is 0.0302. The summed E-state index contributed by atoms with van der Waals surface area (Å²) in [5.74, 6) is 0.132. The van der Waals surface area contributed by atoms with Crippen molar-refractivity contribution in [1.82, 2.24) is 0 Å². The fraction of sp³-hybridized carbons (Fsp3) is 0.500. The quantitative estimate of drug-likeness (QED) is 0.860. The molecular weight excluding hydrogens is 287 g/mol. The number of Topliss-reactive ketones (excluding diaryl/α,β-unsaturated/α-hetero) is 1. The summed E-state index contributed by atoms with van der Waals surface area (Å²) in [6.07, 6.45) is 0.341. The van der Waals surface area contributed by atoms with Gasteiger partial charge in [0.2, 0.25) is 0 Å². The van der Waals surface area contributed by atoms with Gasteiger partial charge in [-0.25, -0.2) is 0 Å². The first-order valence-corrected chi connectivity index (χ1v) is 6.72. The maximum atomic E-state index is 12.0. The molecule has 5 heteroatoms. The number of rotatable bonds is 4. The molecule has 0 heterocycles. The summed E-state index contributed by atoms with van der Waals surface area (Å²) in [5.41, 5.74) is 0.259. The number of ketones is 1. The number of hydrogen-bond donors (Lipinski definition) is 1. The third-order valence-corrected chi connectivity index (χ3v) is 3.39. The van der Waals surface area contributed by atoms with Crippen LogP contribution >= 0.6 is 23.2 Å². The standard InChI is InChI=1S/C14H18Cl2O3/c1-14(2,3)13(18)10(16)6-8-5-9(15)12(17)11(7-8)19-4/h5,7,10,17H,6H2,1-4H3. The number of carbonyl (C=O) groups is 1. The number of alkyl halides is 1. The molecule has 0 saturated heterocycles. The van der Waals surface area contributed by atoms with Crippen LogP contribution in [0.1, 0.15) is 26.3 Å². The Morgan fingerprint density at radius 3 is 2.47 bits per heavy atom. The number of methoxy groups -OCH3 is 1. The van der Waals surface area contributed by atoms with Crippen LogP contribution < -0.4 is 4.74 Å².